The van der Waals surface area contributed by atoms with E-state index in [4.69, 9.17) is 0 Å². The van der Waals surface area contributed by atoms with Crippen LogP contribution in [0.5, 0.6) is 0 Å². The zero-order valence-corrected chi connectivity index (χ0v) is 14.2. The van der Waals surface area contributed by atoms with Crippen molar-refractivity contribution in [3.05, 3.63) is 53.6 Å². The lowest BCUT2D eigenvalue weighted by Gasteiger charge is -2.23. The average Bonchev–Trinajstić information content (AvgIpc) is 2.61. The molecule has 2 N–H and O–H groups in total. The van der Waals surface area contributed by atoms with E-state index >= 15 is 0 Å². The molecule has 0 fully saturated rings. The van der Waals surface area contributed by atoms with E-state index < -0.39 is 17.2 Å². The Hall–Kier alpha value is -2.71. The number of fused-ring (bicyclic) bond motifs is 1. The minimum absolute atomic E-state index is 0.0405. The molecule has 8 heteroatoms. The Morgan fingerprint density at radius 3 is 2.48 bits per heavy atom. The highest BCUT2D eigenvalue weighted by Gasteiger charge is 2.20. The number of methoxy groups -OCH3 is 1. The van der Waals surface area contributed by atoms with E-state index in [9.17, 15) is 18.4 Å². The third kappa shape index (κ3) is 3.54. The van der Waals surface area contributed by atoms with Gasteiger partial charge < -0.3 is 10.1 Å². The molecule has 0 saturated heterocycles. The predicted molar refractivity (Wildman–Crippen MR) is 94.1 cm³/mol. The fourth-order valence-electron chi connectivity index (χ4n) is 2.68. The molecule has 0 radical (unpaired) electrons. The number of nitrogens with zero attached hydrogens (tertiary/aromatic N) is 1. The molecule has 2 aromatic rings. The molecule has 1 atom stereocenters. The van der Waals surface area contributed by atoms with Crippen LogP contribution >= 0.6 is 0 Å². The SMILES string of the molecule is COC(=O)c1ccc(N(c2ccc3c(c2)CCC(=O)N3)S(=O)O)cc1. The van der Waals surface area contributed by atoms with E-state index in [1.54, 1.807) is 30.3 Å². The van der Waals surface area contributed by atoms with E-state index in [1.807, 2.05) is 0 Å². The van der Waals surface area contributed by atoms with Crippen LogP contribution in [0, 0.1) is 0 Å². The smallest absolute Gasteiger partial charge is 0.337 e. The third-order valence-corrected chi connectivity index (χ3v) is 4.63. The molecule has 1 aliphatic heterocycles. The Balaban J connectivity index is 1.95. The van der Waals surface area contributed by atoms with Crippen LogP contribution in [-0.2, 0) is 27.2 Å². The van der Waals surface area contributed by atoms with Crippen molar-refractivity contribution in [2.24, 2.45) is 0 Å². The van der Waals surface area contributed by atoms with Crippen LogP contribution in [0.25, 0.3) is 0 Å². The Morgan fingerprint density at radius 1 is 1.16 bits per heavy atom. The number of hydrogen-bond acceptors (Lipinski definition) is 4. The van der Waals surface area contributed by atoms with Crippen LogP contribution in [0.1, 0.15) is 22.3 Å². The van der Waals surface area contributed by atoms with E-state index in [0.717, 1.165) is 5.56 Å². The monoisotopic (exact) mass is 360 g/mol. The van der Waals surface area contributed by atoms with E-state index in [1.165, 1.54) is 23.5 Å². The zero-order chi connectivity index (χ0) is 18.0. The number of anilines is 3. The van der Waals surface area contributed by atoms with Crippen molar-refractivity contribution < 1.29 is 23.1 Å². The summed E-state index contributed by atoms with van der Waals surface area (Å²) in [5.41, 5.74) is 2.93. The fraction of sp³-hybridized carbons (Fsp3) is 0.176. The number of ether oxygens (including phenoxy) is 1. The zero-order valence-electron chi connectivity index (χ0n) is 13.4. The highest BCUT2D eigenvalue weighted by molar-refractivity contribution is 7.81. The van der Waals surface area contributed by atoms with Gasteiger partial charge in [-0.25, -0.2) is 13.3 Å². The maximum atomic E-state index is 11.9. The Kier molecular flexibility index (Phi) is 4.82. The standard InChI is InChI=1S/C17H16N2O5S/c1-24-17(21)11-2-5-13(6-3-11)19(25(22)23)14-7-8-15-12(10-14)4-9-16(20)18-15/h2-3,5-8,10H,4,9H2,1H3,(H,18,20)(H,22,23). The average molecular weight is 360 g/mol. The molecule has 0 saturated carbocycles. The van der Waals surface area contributed by atoms with Crippen molar-refractivity contribution >= 4 is 40.2 Å². The molecule has 0 aromatic heterocycles. The number of carbonyl (C=O) groups is 2. The molecule has 1 amide bonds. The van der Waals surface area contributed by atoms with Gasteiger partial charge in [-0.2, -0.15) is 0 Å². The molecule has 0 bridgehead atoms. The Labute approximate surface area is 147 Å². The molecular weight excluding hydrogens is 344 g/mol. The largest absolute Gasteiger partial charge is 0.465 e. The van der Waals surface area contributed by atoms with Crippen molar-refractivity contribution in [1.82, 2.24) is 0 Å². The Bertz CT molecular complexity index is 851. The van der Waals surface area contributed by atoms with Crippen LogP contribution in [0.15, 0.2) is 42.5 Å². The van der Waals surface area contributed by atoms with Crippen molar-refractivity contribution in [3.63, 3.8) is 0 Å². The number of hydrogen-bond donors (Lipinski definition) is 2. The van der Waals surface area contributed by atoms with E-state index in [2.05, 4.69) is 10.1 Å². The molecule has 0 aliphatic carbocycles. The van der Waals surface area contributed by atoms with Gasteiger partial charge in [0, 0.05) is 12.1 Å². The number of aryl methyl sites for hydroxylation is 1. The molecule has 0 spiro atoms. The molecule has 1 heterocycles. The lowest BCUT2D eigenvalue weighted by molar-refractivity contribution is -0.116. The molecule has 25 heavy (non-hydrogen) atoms. The highest BCUT2D eigenvalue weighted by Crippen LogP contribution is 2.32. The minimum Gasteiger partial charge on any atom is -0.465 e. The topological polar surface area (TPSA) is 95.9 Å². The summed E-state index contributed by atoms with van der Waals surface area (Å²) in [6, 6.07) is 11.3. The van der Waals surface area contributed by atoms with Crippen molar-refractivity contribution in [2.45, 2.75) is 12.8 Å². The Morgan fingerprint density at radius 2 is 1.84 bits per heavy atom. The van der Waals surface area contributed by atoms with Crippen LogP contribution in [-0.4, -0.2) is 27.7 Å². The first-order valence-electron chi connectivity index (χ1n) is 7.52. The number of benzene rings is 2. The summed E-state index contributed by atoms with van der Waals surface area (Å²) in [5, 5.41) is 2.77. The second kappa shape index (κ2) is 7.04. The molecule has 3 rings (SSSR count). The number of rotatable bonds is 4. The first-order valence-corrected chi connectivity index (χ1v) is 8.58. The molecule has 2 aromatic carbocycles. The summed E-state index contributed by atoms with van der Waals surface area (Å²) in [7, 11) is 1.29. The van der Waals surface area contributed by atoms with Crippen LogP contribution in [0.3, 0.4) is 0 Å². The lowest BCUT2D eigenvalue weighted by Crippen LogP contribution is -2.22. The summed E-state index contributed by atoms with van der Waals surface area (Å²) in [4.78, 5) is 22.9. The minimum atomic E-state index is -2.30. The summed E-state index contributed by atoms with van der Waals surface area (Å²) in [6.45, 7) is 0. The quantitative estimate of drug-likeness (QED) is 0.645. The highest BCUT2D eigenvalue weighted by atomic mass is 32.2. The van der Waals surface area contributed by atoms with E-state index in [0.29, 0.717) is 35.5 Å². The maximum absolute atomic E-state index is 11.9. The van der Waals surface area contributed by atoms with Gasteiger partial charge in [-0.05, 0) is 54.4 Å². The van der Waals surface area contributed by atoms with Gasteiger partial charge in [-0.15, -0.1) is 0 Å². The van der Waals surface area contributed by atoms with Crippen molar-refractivity contribution in [2.75, 3.05) is 16.7 Å². The van der Waals surface area contributed by atoms with Crippen LogP contribution in [0.2, 0.25) is 0 Å². The summed E-state index contributed by atoms with van der Waals surface area (Å²) < 4.78 is 27.5. The molecular formula is C17H16N2O5S. The summed E-state index contributed by atoms with van der Waals surface area (Å²) in [5.74, 6) is -0.519. The lowest BCUT2D eigenvalue weighted by atomic mass is 10.0. The first kappa shape index (κ1) is 17.1. The van der Waals surface area contributed by atoms with Gasteiger partial charge in [-0.3, -0.25) is 9.35 Å². The van der Waals surface area contributed by atoms with Gasteiger partial charge in [0.25, 0.3) is 11.3 Å². The van der Waals surface area contributed by atoms with Gasteiger partial charge in [0.1, 0.15) is 0 Å². The first-order chi connectivity index (χ1) is 12.0. The number of esters is 1. The third-order valence-electron chi connectivity index (χ3n) is 3.90. The number of carbonyl (C=O) groups excluding carboxylic acids is 2. The number of amides is 1. The maximum Gasteiger partial charge on any atom is 0.337 e. The fourth-order valence-corrected chi connectivity index (χ4v) is 3.27. The van der Waals surface area contributed by atoms with Crippen molar-refractivity contribution in [1.29, 1.82) is 0 Å². The van der Waals surface area contributed by atoms with Gasteiger partial charge >= 0.3 is 5.97 Å². The summed E-state index contributed by atoms with van der Waals surface area (Å²) >= 11 is -2.30. The van der Waals surface area contributed by atoms with Gasteiger partial charge in [-0.1, -0.05) is 0 Å². The molecule has 130 valence electrons. The van der Waals surface area contributed by atoms with Crippen LogP contribution in [0.4, 0.5) is 17.1 Å². The molecule has 1 aliphatic rings. The number of nitrogens with one attached hydrogen (secondary N) is 1. The summed E-state index contributed by atoms with van der Waals surface area (Å²) in [6.07, 6.45) is 0.953. The predicted octanol–water partition coefficient (Wildman–Crippen LogP) is 2.63. The van der Waals surface area contributed by atoms with Crippen molar-refractivity contribution in [3.8, 4) is 0 Å². The van der Waals surface area contributed by atoms with E-state index in [-0.39, 0.29) is 5.91 Å². The van der Waals surface area contributed by atoms with Gasteiger partial charge in [0.2, 0.25) is 5.91 Å². The molecule has 7 nitrogen and oxygen atoms in total. The van der Waals surface area contributed by atoms with Gasteiger partial charge in [0.05, 0.1) is 24.0 Å². The van der Waals surface area contributed by atoms with Gasteiger partial charge in [0.15, 0.2) is 0 Å². The van der Waals surface area contributed by atoms with Crippen LogP contribution < -0.4 is 9.62 Å². The molecule has 1 unspecified atom stereocenters. The second-order valence-corrected chi connectivity index (χ2v) is 6.28. The second-order valence-electron chi connectivity index (χ2n) is 5.45. The normalized spacial score (nSPS) is 14.2.